The summed E-state index contributed by atoms with van der Waals surface area (Å²) >= 11 is 0. The number of hydrogen-bond donors (Lipinski definition) is 1. The van der Waals surface area contributed by atoms with Crippen LogP contribution in [0.2, 0.25) is 0 Å². The highest BCUT2D eigenvalue weighted by Gasteiger charge is 2.09. The maximum atomic E-state index is 13.3. The van der Waals surface area contributed by atoms with Crippen LogP contribution in [0.25, 0.3) is 0 Å². The molecule has 0 bridgehead atoms. The molecule has 1 aromatic carbocycles. The third-order valence-corrected chi connectivity index (χ3v) is 3.05. The molecule has 1 heterocycles. The molecule has 2 rings (SSSR count). The lowest BCUT2D eigenvalue weighted by atomic mass is 10.1. The molecule has 0 aliphatic carbocycles. The highest BCUT2D eigenvalue weighted by molar-refractivity contribution is 5.32. The first kappa shape index (κ1) is 13.5. The molecule has 5 heteroatoms. The number of halogens is 1. The van der Waals surface area contributed by atoms with Crippen molar-refractivity contribution < 1.29 is 9.13 Å². The van der Waals surface area contributed by atoms with Gasteiger partial charge in [0.15, 0.2) is 11.6 Å². The lowest BCUT2D eigenvalue weighted by Crippen LogP contribution is -2.18. The van der Waals surface area contributed by atoms with Crippen molar-refractivity contribution in [3.63, 3.8) is 0 Å². The van der Waals surface area contributed by atoms with E-state index in [2.05, 4.69) is 10.4 Å². The fraction of sp³-hybridized carbons (Fsp3) is 0.357. The van der Waals surface area contributed by atoms with Crippen molar-refractivity contribution in [3.05, 3.63) is 47.5 Å². The Morgan fingerprint density at radius 2 is 2.26 bits per heavy atom. The van der Waals surface area contributed by atoms with Crippen LogP contribution in [0, 0.1) is 5.82 Å². The largest absolute Gasteiger partial charge is 0.494 e. The van der Waals surface area contributed by atoms with Crippen molar-refractivity contribution in [2.24, 2.45) is 7.05 Å². The van der Waals surface area contributed by atoms with E-state index in [9.17, 15) is 4.39 Å². The number of aryl methyl sites for hydroxylation is 1. The van der Waals surface area contributed by atoms with E-state index in [4.69, 9.17) is 4.74 Å². The highest BCUT2D eigenvalue weighted by atomic mass is 19.1. The Bertz CT molecular complexity index is 553. The first-order valence-electron chi connectivity index (χ1n) is 6.14. The summed E-state index contributed by atoms with van der Waals surface area (Å²) in [5.41, 5.74) is 2.10. The van der Waals surface area contributed by atoms with Crippen LogP contribution in [0.1, 0.15) is 24.1 Å². The van der Waals surface area contributed by atoms with Gasteiger partial charge in [-0.25, -0.2) is 4.39 Å². The Hall–Kier alpha value is -1.88. The molecule has 0 aliphatic heterocycles. The van der Waals surface area contributed by atoms with Gasteiger partial charge in [0, 0.05) is 31.4 Å². The number of ether oxygens (including phenoxy) is 1. The summed E-state index contributed by atoms with van der Waals surface area (Å²) in [6.07, 6.45) is 3.79. The Morgan fingerprint density at radius 3 is 2.89 bits per heavy atom. The maximum absolute atomic E-state index is 13.3. The predicted octanol–water partition coefficient (Wildman–Crippen LogP) is 2.42. The van der Waals surface area contributed by atoms with E-state index in [1.54, 1.807) is 16.8 Å². The second-order valence-corrected chi connectivity index (χ2v) is 4.52. The van der Waals surface area contributed by atoms with Crippen LogP contribution in [-0.4, -0.2) is 16.9 Å². The normalized spacial score (nSPS) is 12.4. The monoisotopic (exact) mass is 263 g/mol. The number of benzene rings is 1. The summed E-state index contributed by atoms with van der Waals surface area (Å²) in [7, 11) is 3.35. The zero-order valence-electron chi connectivity index (χ0n) is 11.4. The number of methoxy groups -OCH3 is 1. The molecule has 102 valence electrons. The van der Waals surface area contributed by atoms with Crippen molar-refractivity contribution in [1.29, 1.82) is 0 Å². The molecule has 1 atom stereocenters. The second kappa shape index (κ2) is 5.84. The van der Waals surface area contributed by atoms with E-state index in [1.165, 1.54) is 13.2 Å². The van der Waals surface area contributed by atoms with E-state index < -0.39 is 0 Å². The van der Waals surface area contributed by atoms with Crippen LogP contribution in [0.5, 0.6) is 5.75 Å². The third-order valence-electron chi connectivity index (χ3n) is 3.05. The van der Waals surface area contributed by atoms with Gasteiger partial charge in [-0.1, -0.05) is 6.07 Å². The van der Waals surface area contributed by atoms with Crippen molar-refractivity contribution in [2.75, 3.05) is 7.11 Å². The molecule has 1 unspecified atom stereocenters. The van der Waals surface area contributed by atoms with Gasteiger partial charge in [-0.05, 0) is 24.6 Å². The number of aromatic nitrogens is 2. The van der Waals surface area contributed by atoms with E-state index in [0.717, 1.165) is 11.1 Å². The standard InChI is InChI=1S/C14H18FN3O/c1-10(16-7-11-8-17-18(2)9-11)12-4-5-13(15)14(6-12)19-3/h4-6,8-10,16H,7H2,1-3H3. The smallest absolute Gasteiger partial charge is 0.165 e. The molecular formula is C14H18FN3O. The van der Waals surface area contributed by atoms with E-state index >= 15 is 0 Å². The van der Waals surface area contributed by atoms with E-state index in [-0.39, 0.29) is 17.6 Å². The molecule has 0 aliphatic rings. The van der Waals surface area contributed by atoms with Crippen molar-refractivity contribution in [2.45, 2.75) is 19.5 Å². The molecule has 4 nitrogen and oxygen atoms in total. The average Bonchev–Trinajstić information content (AvgIpc) is 2.82. The third kappa shape index (κ3) is 3.32. The summed E-state index contributed by atoms with van der Waals surface area (Å²) in [4.78, 5) is 0. The van der Waals surface area contributed by atoms with Crippen LogP contribution >= 0.6 is 0 Å². The zero-order chi connectivity index (χ0) is 13.8. The Balaban J connectivity index is 2.01. The fourth-order valence-electron chi connectivity index (χ4n) is 1.90. The first-order valence-corrected chi connectivity index (χ1v) is 6.14. The quantitative estimate of drug-likeness (QED) is 0.900. The minimum atomic E-state index is -0.342. The Kier molecular flexibility index (Phi) is 4.16. The number of rotatable bonds is 5. The molecule has 0 amide bonds. The molecule has 1 N–H and O–H groups in total. The predicted molar refractivity (Wildman–Crippen MR) is 71.4 cm³/mol. The minimum absolute atomic E-state index is 0.106. The van der Waals surface area contributed by atoms with Crippen LogP contribution < -0.4 is 10.1 Å². The second-order valence-electron chi connectivity index (χ2n) is 4.52. The Morgan fingerprint density at radius 1 is 1.47 bits per heavy atom. The molecule has 2 aromatic rings. The van der Waals surface area contributed by atoms with Crippen LogP contribution in [0.4, 0.5) is 4.39 Å². The van der Waals surface area contributed by atoms with Gasteiger partial charge in [0.05, 0.1) is 13.3 Å². The molecule has 0 saturated carbocycles. The van der Waals surface area contributed by atoms with Crippen LogP contribution in [-0.2, 0) is 13.6 Å². The number of nitrogens with one attached hydrogen (secondary N) is 1. The van der Waals surface area contributed by atoms with Gasteiger partial charge in [-0.15, -0.1) is 0 Å². The Labute approximate surface area is 112 Å². The minimum Gasteiger partial charge on any atom is -0.494 e. The average molecular weight is 263 g/mol. The molecule has 0 saturated heterocycles. The molecule has 0 fully saturated rings. The van der Waals surface area contributed by atoms with E-state index in [1.807, 2.05) is 26.4 Å². The van der Waals surface area contributed by atoms with Gasteiger partial charge in [-0.2, -0.15) is 5.10 Å². The summed E-state index contributed by atoms with van der Waals surface area (Å²) in [5.74, 6) is -0.0711. The summed E-state index contributed by atoms with van der Waals surface area (Å²) < 4.78 is 20.1. The van der Waals surface area contributed by atoms with Crippen LogP contribution in [0.3, 0.4) is 0 Å². The van der Waals surface area contributed by atoms with E-state index in [0.29, 0.717) is 6.54 Å². The zero-order valence-corrected chi connectivity index (χ0v) is 11.4. The summed E-state index contributed by atoms with van der Waals surface area (Å²) in [5, 5.41) is 7.48. The molecule has 0 spiro atoms. The van der Waals surface area contributed by atoms with Gasteiger partial charge in [0.1, 0.15) is 0 Å². The van der Waals surface area contributed by atoms with Gasteiger partial charge in [-0.3, -0.25) is 4.68 Å². The lowest BCUT2D eigenvalue weighted by molar-refractivity contribution is 0.385. The van der Waals surface area contributed by atoms with Gasteiger partial charge in [0.2, 0.25) is 0 Å². The summed E-state index contributed by atoms with van der Waals surface area (Å²) in [6.45, 7) is 2.75. The number of hydrogen-bond acceptors (Lipinski definition) is 3. The SMILES string of the molecule is COc1cc(C(C)NCc2cnn(C)c2)ccc1F. The lowest BCUT2D eigenvalue weighted by Gasteiger charge is -2.14. The van der Waals surface area contributed by atoms with Gasteiger partial charge in [0.25, 0.3) is 0 Å². The number of nitrogens with zero attached hydrogens (tertiary/aromatic N) is 2. The maximum Gasteiger partial charge on any atom is 0.165 e. The summed E-state index contributed by atoms with van der Waals surface area (Å²) in [6, 6.07) is 5.01. The van der Waals surface area contributed by atoms with Crippen molar-refractivity contribution in [3.8, 4) is 5.75 Å². The first-order chi connectivity index (χ1) is 9.10. The highest BCUT2D eigenvalue weighted by Crippen LogP contribution is 2.22. The van der Waals surface area contributed by atoms with Crippen molar-refractivity contribution >= 4 is 0 Å². The molecule has 0 radical (unpaired) electrons. The van der Waals surface area contributed by atoms with Crippen LogP contribution in [0.15, 0.2) is 30.6 Å². The van der Waals surface area contributed by atoms with Gasteiger partial charge < -0.3 is 10.1 Å². The topological polar surface area (TPSA) is 39.1 Å². The van der Waals surface area contributed by atoms with Gasteiger partial charge >= 0.3 is 0 Å². The molecule has 1 aromatic heterocycles. The molecular weight excluding hydrogens is 245 g/mol. The fourth-order valence-corrected chi connectivity index (χ4v) is 1.90. The van der Waals surface area contributed by atoms with Crippen molar-refractivity contribution in [1.82, 2.24) is 15.1 Å². The molecule has 19 heavy (non-hydrogen) atoms.